The lowest BCUT2D eigenvalue weighted by molar-refractivity contribution is 0.607. The summed E-state index contributed by atoms with van der Waals surface area (Å²) in [6.07, 6.45) is 9.32. The van der Waals surface area contributed by atoms with Crippen LogP contribution >= 0.6 is 0 Å². The van der Waals surface area contributed by atoms with Gasteiger partial charge < -0.3 is 5.73 Å². The first-order valence-electron chi connectivity index (χ1n) is 8.99. The van der Waals surface area contributed by atoms with Crippen LogP contribution in [0.3, 0.4) is 0 Å². The molecular formula is C22H27N. The predicted octanol–water partition coefficient (Wildman–Crippen LogP) is 6.48. The Morgan fingerprint density at radius 2 is 1.57 bits per heavy atom. The number of nitrogens with two attached hydrogens (primary N) is 1. The van der Waals surface area contributed by atoms with Crippen molar-refractivity contribution >= 4 is 27.2 Å². The first-order chi connectivity index (χ1) is 11.3. The fourth-order valence-electron chi connectivity index (χ4n) is 3.36. The summed E-state index contributed by atoms with van der Waals surface area (Å²) in [5.41, 5.74) is 8.41. The van der Waals surface area contributed by atoms with Crippen LogP contribution in [0.25, 0.3) is 21.5 Å². The first-order valence-corrected chi connectivity index (χ1v) is 8.99. The van der Waals surface area contributed by atoms with Gasteiger partial charge in [-0.25, -0.2) is 0 Å². The van der Waals surface area contributed by atoms with Crippen molar-refractivity contribution in [1.82, 2.24) is 0 Å². The van der Waals surface area contributed by atoms with Gasteiger partial charge in [-0.1, -0.05) is 69.4 Å². The average Bonchev–Trinajstić information content (AvgIpc) is 2.57. The Balaban J connectivity index is 1.72. The van der Waals surface area contributed by atoms with Crippen molar-refractivity contribution in [3.8, 4) is 0 Å². The first kappa shape index (κ1) is 15.9. The molecule has 0 unspecified atom stereocenters. The van der Waals surface area contributed by atoms with Gasteiger partial charge in [0.2, 0.25) is 0 Å². The average molecular weight is 305 g/mol. The molecular weight excluding hydrogens is 278 g/mol. The van der Waals surface area contributed by atoms with Crippen LogP contribution in [0.5, 0.6) is 0 Å². The lowest BCUT2D eigenvalue weighted by Gasteiger charge is -2.07. The molecule has 0 radical (unpaired) electrons. The molecule has 23 heavy (non-hydrogen) atoms. The topological polar surface area (TPSA) is 26.0 Å². The van der Waals surface area contributed by atoms with Crippen LogP contribution in [0.15, 0.2) is 48.5 Å². The van der Waals surface area contributed by atoms with Crippen molar-refractivity contribution in [3.05, 3.63) is 54.1 Å². The third kappa shape index (κ3) is 3.85. The van der Waals surface area contributed by atoms with Gasteiger partial charge in [-0.05, 0) is 52.8 Å². The summed E-state index contributed by atoms with van der Waals surface area (Å²) in [4.78, 5) is 0. The molecule has 3 aromatic rings. The van der Waals surface area contributed by atoms with Crippen molar-refractivity contribution in [1.29, 1.82) is 0 Å². The van der Waals surface area contributed by atoms with E-state index in [1.54, 1.807) is 0 Å². The number of aryl methyl sites for hydroxylation is 1. The number of rotatable bonds is 7. The minimum atomic E-state index is 0.862. The normalized spacial score (nSPS) is 11.3. The molecule has 2 N–H and O–H groups in total. The molecule has 0 spiro atoms. The van der Waals surface area contributed by atoms with Crippen molar-refractivity contribution in [3.63, 3.8) is 0 Å². The predicted molar refractivity (Wildman–Crippen MR) is 103 cm³/mol. The van der Waals surface area contributed by atoms with E-state index in [0.29, 0.717) is 0 Å². The van der Waals surface area contributed by atoms with E-state index in [9.17, 15) is 0 Å². The van der Waals surface area contributed by atoms with E-state index in [4.69, 9.17) is 5.73 Å². The van der Waals surface area contributed by atoms with E-state index in [0.717, 1.165) is 11.1 Å². The lowest BCUT2D eigenvalue weighted by atomic mass is 9.98. The molecule has 0 aliphatic carbocycles. The van der Waals surface area contributed by atoms with Crippen LogP contribution in [0.4, 0.5) is 5.69 Å². The summed E-state index contributed by atoms with van der Waals surface area (Å²) < 4.78 is 0. The highest BCUT2D eigenvalue weighted by atomic mass is 14.5. The lowest BCUT2D eigenvalue weighted by Crippen LogP contribution is -1.89. The molecule has 1 heteroatoms. The van der Waals surface area contributed by atoms with Gasteiger partial charge >= 0.3 is 0 Å². The summed E-state index contributed by atoms with van der Waals surface area (Å²) in [5.74, 6) is 0. The van der Waals surface area contributed by atoms with Crippen LogP contribution in [0, 0.1) is 0 Å². The molecule has 0 saturated heterocycles. The van der Waals surface area contributed by atoms with Gasteiger partial charge in [0, 0.05) is 11.1 Å². The van der Waals surface area contributed by atoms with E-state index >= 15 is 0 Å². The zero-order valence-corrected chi connectivity index (χ0v) is 14.1. The highest BCUT2D eigenvalue weighted by Gasteiger charge is 2.02. The Bertz CT molecular complexity index is 788. The molecule has 0 heterocycles. The van der Waals surface area contributed by atoms with Gasteiger partial charge in [0.1, 0.15) is 0 Å². The largest absolute Gasteiger partial charge is 0.398 e. The third-order valence-corrected chi connectivity index (χ3v) is 4.75. The molecule has 0 atom stereocenters. The number of nitrogen functional groups attached to an aromatic ring is 1. The molecule has 120 valence electrons. The molecule has 0 saturated carbocycles. The summed E-state index contributed by atoms with van der Waals surface area (Å²) in [6, 6.07) is 17.5. The quantitative estimate of drug-likeness (QED) is 0.302. The molecule has 1 nitrogen and oxygen atoms in total. The standard InChI is InChI=1S/C22H27N/c1-2-3-4-5-6-7-9-17-12-13-18-16-21-19(15-20(18)14-17)10-8-11-22(21)23/h8,10-16H,2-7,9,23H2,1H3. The van der Waals surface area contributed by atoms with Gasteiger partial charge in [-0.2, -0.15) is 0 Å². The molecule has 0 amide bonds. The molecule has 0 fully saturated rings. The Kier molecular flexibility index (Phi) is 5.17. The van der Waals surface area contributed by atoms with Crippen LogP contribution in [0.1, 0.15) is 51.0 Å². The second-order valence-electron chi connectivity index (χ2n) is 6.62. The van der Waals surface area contributed by atoms with Gasteiger partial charge in [0.05, 0.1) is 0 Å². The van der Waals surface area contributed by atoms with Crippen LogP contribution in [-0.2, 0) is 6.42 Å². The Morgan fingerprint density at radius 3 is 2.43 bits per heavy atom. The molecule has 0 aliphatic rings. The van der Waals surface area contributed by atoms with Crippen molar-refractivity contribution in [2.45, 2.75) is 51.9 Å². The summed E-state index contributed by atoms with van der Waals surface area (Å²) in [5, 5.41) is 4.99. The summed E-state index contributed by atoms with van der Waals surface area (Å²) in [7, 11) is 0. The fraction of sp³-hybridized carbons (Fsp3) is 0.364. The minimum absolute atomic E-state index is 0.862. The van der Waals surface area contributed by atoms with Gasteiger partial charge in [-0.15, -0.1) is 0 Å². The number of hydrogen-bond acceptors (Lipinski definition) is 1. The smallest absolute Gasteiger partial charge is 0.0393 e. The van der Waals surface area contributed by atoms with Crippen LogP contribution in [-0.4, -0.2) is 0 Å². The van der Waals surface area contributed by atoms with E-state index in [2.05, 4.69) is 43.3 Å². The Labute approximate surface area is 139 Å². The number of benzene rings is 3. The second kappa shape index (κ2) is 7.50. The summed E-state index contributed by atoms with van der Waals surface area (Å²) >= 11 is 0. The van der Waals surface area contributed by atoms with E-state index in [1.807, 2.05) is 12.1 Å². The molecule has 0 bridgehead atoms. The van der Waals surface area contributed by atoms with Crippen LogP contribution < -0.4 is 5.73 Å². The molecule has 3 aromatic carbocycles. The van der Waals surface area contributed by atoms with Crippen molar-refractivity contribution < 1.29 is 0 Å². The summed E-state index contributed by atoms with van der Waals surface area (Å²) in [6.45, 7) is 2.27. The van der Waals surface area contributed by atoms with Crippen LogP contribution in [0.2, 0.25) is 0 Å². The van der Waals surface area contributed by atoms with Gasteiger partial charge in [0.25, 0.3) is 0 Å². The van der Waals surface area contributed by atoms with Gasteiger partial charge in [-0.3, -0.25) is 0 Å². The third-order valence-electron chi connectivity index (χ3n) is 4.75. The van der Waals surface area contributed by atoms with E-state index < -0.39 is 0 Å². The molecule has 0 aromatic heterocycles. The van der Waals surface area contributed by atoms with E-state index in [1.165, 1.54) is 66.7 Å². The number of anilines is 1. The second-order valence-corrected chi connectivity index (χ2v) is 6.62. The maximum absolute atomic E-state index is 6.09. The number of fused-ring (bicyclic) bond motifs is 2. The highest BCUT2D eigenvalue weighted by Crippen LogP contribution is 2.27. The zero-order chi connectivity index (χ0) is 16.1. The maximum atomic E-state index is 6.09. The Hall–Kier alpha value is -2.02. The van der Waals surface area contributed by atoms with Crippen molar-refractivity contribution in [2.75, 3.05) is 5.73 Å². The fourth-order valence-corrected chi connectivity index (χ4v) is 3.36. The minimum Gasteiger partial charge on any atom is -0.398 e. The van der Waals surface area contributed by atoms with Gasteiger partial charge in [0.15, 0.2) is 0 Å². The Morgan fingerprint density at radius 1 is 0.739 bits per heavy atom. The van der Waals surface area contributed by atoms with E-state index in [-0.39, 0.29) is 0 Å². The maximum Gasteiger partial charge on any atom is 0.0393 e. The van der Waals surface area contributed by atoms with Crippen molar-refractivity contribution in [2.24, 2.45) is 0 Å². The zero-order valence-electron chi connectivity index (χ0n) is 14.1. The molecule has 0 aliphatic heterocycles. The SMILES string of the molecule is CCCCCCCCc1ccc2cc3c(N)cccc3cc2c1. The molecule has 3 rings (SSSR count). The number of unbranched alkanes of at least 4 members (excludes halogenated alkanes) is 5. The highest BCUT2D eigenvalue weighted by molar-refractivity contribution is 6.03. The number of hydrogen-bond donors (Lipinski definition) is 1. The monoisotopic (exact) mass is 305 g/mol.